The number of carbonyl (C=O) groups is 3. The minimum atomic E-state index is -0.476. The topological polar surface area (TPSA) is 205 Å². The van der Waals surface area contributed by atoms with Gasteiger partial charge in [0.25, 0.3) is 5.91 Å². The number of para-hydroxylation sites is 2. The zero-order valence-electron chi connectivity index (χ0n) is 31.4. The summed E-state index contributed by atoms with van der Waals surface area (Å²) in [6.07, 6.45) is 4.01. The third kappa shape index (κ3) is 7.60. The fourth-order valence-corrected chi connectivity index (χ4v) is 6.58. The lowest BCUT2D eigenvalue weighted by molar-refractivity contribution is -0.117. The normalized spacial score (nSPS) is 11.5. The molecule has 0 aliphatic carbocycles. The summed E-state index contributed by atoms with van der Waals surface area (Å²) in [5.41, 5.74) is 17.4. The molecule has 0 radical (unpaired) electrons. The maximum Gasteiger partial charge on any atom is 0.276 e. The molecule has 4 aromatic heterocycles. The van der Waals surface area contributed by atoms with Crippen LogP contribution in [0.15, 0.2) is 60.7 Å². The number of amides is 3. The number of benzene rings is 2. The molecule has 0 aliphatic heterocycles. The van der Waals surface area contributed by atoms with Gasteiger partial charge in [0.15, 0.2) is 0 Å². The molecule has 2 aromatic carbocycles. The van der Waals surface area contributed by atoms with Crippen LogP contribution in [0.2, 0.25) is 0 Å². The fraction of sp³-hybridized carbons (Fsp3) is 0.324. The van der Waals surface area contributed by atoms with Gasteiger partial charge in [-0.15, -0.1) is 0 Å². The molecule has 282 valence electrons. The predicted octanol–water partition coefficient (Wildman–Crippen LogP) is 3.53. The number of rotatable bonds is 16. The van der Waals surface area contributed by atoms with Gasteiger partial charge >= 0.3 is 0 Å². The number of hydrogen-bond acceptors (Lipinski definition) is 10. The van der Waals surface area contributed by atoms with Crippen LogP contribution in [-0.4, -0.2) is 83.6 Å². The van der Waals surface area contributed by atoms with Crippen LogP contribution in [0.1, 0.15) is 35.7 Å². The molecule has 0 aliphatic rings. The number of aromatic nitrogens is 8. The van der Waals surface area contributed by atoms with Crippen LogP contribution in [0.25, 0.3) is 22.1 Å². The quantitative estimate of drug-likeness (QED) is 0.107. The minimum Gasteiger partial charge on any atom is -0.368 e. The molecule has 0 unspecified atom stereocenters. The van der Waals surface area contributed by atoms with Gasteiger partial charge in [-0.25, -0.2) is 14.6 Å². The van der Waals surface area contributed by atoms with E-state index in [1.54, 1.807) is 34.6 Å². The van der Waals surface area contributed by atoms with E-state index in [0.717, 1.165) is 33.9 Å². The van der Waals surface area contributed by atoms with Crippen molar-refractivity contribution in [3.63, 3.8) is 0 Å². The molecule has 17 nitrogen and oxygen atoms in total. The zero-order chi connectivity index (χ0) is 38.7. The number of hydrogen-bond donors (Lipinski definition) is 4. The Morgan fingerprint density at radius 1 is 0.741 bits per heavy atom. The molecular formula is C37H46N14O3. The molecule has 3 amide bonds. The second kappa shape index (κ2) is 15.5. The number of nitrogens with zero attached hydrogens (tertiary/aromatic N) is 10. The molecule has 17 heteroatoms. The number of carbonyl (C=O) groups excluding carboxylic acids is 3. The molecule has 0 fully saturated rings. The highest BCUT2D eigenvalue weighted by molar-refractivity contribution is 6.04. The van der Waals surface area contributed by atoms with Gasteiger partial charge in [0.2, 0.25) is 23.7 Å². The Hall–Kier alpha value is -6.65. The Kier molecular flexibility index (Phi) is 10.7. The number of imidazole rings is 2. The van der Waals surface area contributed by atoms with Crippen molar-refractivity contribution in [2.45, 2.75) is 53.9 Å². The average molecular weight is 735 g/mol. The molecule has 0 saturated heterocycles. The van der Waals surface area contributed by atoms with Gasteiger partial charge < -0.3 is 35.7 Å². The first-order valence-electron chi connectivity index (χ1n) is 17.7. The van der Waals surface area contributed by atoms with Crippen LogP contribution in [0.5, 0.6) is 0 Å². The second-order valence-corrected chi connectivity index (χ2v) is 13.1. The number of likely N-dealkylation sites (N-methyl/N-ethyl adjacent to an activating group) is 2. The SMILES string of the molecule is CCn1nc(C)cc1Nc1nc2c(N(C)CC(N)=O)cccc2n1C/C=C/Cn1c(NC(=O)c2cc(C)nn2CC)nc2c(N(C)CC(N)=O)cccc21. The minimum absolute atomic E-state index is 0.00356. The molecule has 54 heavy (non-hydrogen) atoms. The number of fused-ring (bicyclic) bond motifs is 2. The number of primary amides is 2. The third-order valence-corrected chi connectivity index (χ3v) is 8.97. The maximum atomic E-state index is 13.6. The van der Waals surface area contributed by atoms with Gasteiger partial charge in [-0.1, -0.05) is 24.3 Å². The molecule has 0 atom stereocenters. The first-order valence-corrected chi connectivity index (χ1v) is 17.7. The Labute approximate surface area is 312 Å². The zero-order valence-corrected chi connectivity index (χ0v) is 31.4. The number of anilines is 5. The van der Waals surface area contributed by atoms with Crippen molar-refractivity contribution in [2.75, 3.05) is 47.6 Å². The summed E-state index contributed by atoms with van der Waals surface area (Å²) in [7, 11) is 3.58. The van der Waals surface area contributed by atoms with E-state index in [0.29, 0.717) is 60.5 Å². The van der Waals surface area contributed by atoms with E-state index >= 15 is 0 Å². The van der Waals surface area contributed by atoms with Crippen LogP contribution in [0.3, 0.4) is 0 Å². The third-order valence-electron chi connectivity index (χ3n) is 8.97. The highest BCUT2D eigenvalue weighted by Gasteiger charge is 2.21. The standard InChI is InChI=1S/C37H46N14O3/c1-7-50-29(19-23(3)44-50)35(54)43-37-42-34-26(47(6)22-31(39)53)14-12-16-28(34)49(37)18-10-9-17-48-27-15-11-13-25(46(5)21-30(38)52)33(27)41-36(48)40-32-20-24(4)45-51(32)8-2/h9-16,19-20H,7-8,17-18,21-22H2,1-6H3,(H2,38,52)(H2,39,53)(H,40,41)(H,42,43,54)/b10-9+. The van der Waals surface area contributed by atoms with E-state index in [1.165, 1.54) is 0 Å². The number of aryl methyl sites for hydroxylation is 4. The molecule has 0 bridgehead atoms. The van der Waals surface area contributed by atoms with Crippen molar-refractivity contribution < 1.29 is 14.4 Å². The van der Waals surface area contributed by atoms with Gasteiger partial charge in [0, 0.05) is 46.3 Å². The summed E-state index contributed by atoms with van der Waals surface area (Å²) < 4.78 is 7.49. The molecule has 0 saturated carbocycles. The highest BCUT2D eigenvalue weighted by Crippen LogP contribution is 2.31. The average Bonchev–Trinajstić information content (AvgIpc) is 3.88. The predicted molar refractivity (Wildman–Crippen MR) is 210 cm³/mol. The molecule has 4 heterocycles. The summed E-state index contributed by atoms with van der Waals surface area (Å²) >= 11 is 0. The van der Waals surface area contributed by atoms with E-state index in [4.69, 9.17) is 21.4 Å². The van der Waals surface area contributed by atoms with E-state index in [2.05, 4.69) is 25.4 Å². The van der Waals surface area contributed by atoms with Gasteiger partial charge in [0.1, 0.15) is 22.5 Å². The van der Waals surface area contributed by atoms with Gasteiger partial charge in [0.05, 0.1) is 46.9 Å². The Morgan fingerprint density at radius 3 is 1.78 bits per heavy atom. The van der Waals surface area contributed by atoms with Crippen molar-refractivity contribution in [3.8, 4) is 0 Å². The van der Waals surface area contributed by atoms with Crippen molar-refractivity contribution in [1.82, 2.24) is 38.7 Å². The maximum absolute atomic E-state index is 13.6. The summed E-state index contributed by atoms with van der Waals surface area (Å²) in [5, 5.41) is 15.5. The van der Waals surface area contributed by atoms with E-state index in [9.17, 15) is 14.4 Å². The highest BCUT2D eigenvalue weighted by atomic mass is 16.2. The number of nitrogens with one attached hydrogen (secondary N) is 2. The number of allylic oxidation sites excluding steroid dienone is 2. The van der Waals surface area contributed by atoms with Crippen LogP contribution >= 0.6 is 0 Å². The van der Waals surface area contributed by atoms with Gasteiger partial charge in [-0.2, -0.15) is 10.2 Å². The number of nitrogens with two attached hydrogens (primary N) is 2. The van der Waals surface area contributed by atoms with Crippen LogP contribution in [0.4, 0.5) is 29.1 Å². The van der Waals surface area contributed by atoms with Crippen molar-refractivity contribution in [3.05, 3.63) is 77.8 Å². The molecular weight excluding hydrogens is 689 g/mol. The lowest BCUT2D eigenvalue weighted by Crippen LogP contribution is -2.30. The summed E-state index contributed by atoms with van der Waals surface area (Å²) in [6.45, 7) is 9.74. The van der Waals surface area contributed by atoms with Crippen LogP contribution in [0, 0.1) is 13.8 Å². The van der Waals surface area contributed by atoms with Crippen LogP contribution < -0.4 is 31.9 Å². The molecule has 6 aromatic rings. The Balaban J connectivity index is 1.37. The second-order valence-electron chi connectivity index (χ2n) is 13.1. The van der Waals surface area contributed by atoms with E-state index in [-0.39, 0.29) is 19.0 Å². The molecule has 6 N–H and O–H groups in total. The van der Waals surface area contributed by atoms with E-state index in [1.807, 2.05) is 91.6 Å². The lowest BCUT2D eigenvalue weighted by atomic mass is 10.2. The van der Waals surface area contributed by atoms with Crippen molar-refractivity contribution in [2.24, 2.45) is 11.5 Å². The van der Waals surface area contributed by atoms with Gasteiger partial charge in [-0.3, -0.25) is 24.4 Å². The van der Waals surface area contributed by atoms with Crippen LogP contribution in [-0.2, 0) is 35.8 Å². The first-order chi connectivity index (χ1) is 25.9. The fourth-order valence-electron chi connectivity index (χ4n) is 6.58. The van der Waals surface area contributed by atoms with Crippen molar-refractivity contribution in [1.29, 1.82) is 0 Å². The van der Waals surface area contributed by atoms with Crippen molar-refractivity contribution >= 4 is 68.9 Å². The Morgan fingerprint density at radius 2 is 1.24 bits per heavy atom. The summed E-state index contributed by atoms with van der Waals surface area (Å²) in [4.78, 5) is 50.6. The largest absolute Gasteiger partial charge is 0.368 e. The van der Waals surface area contributed by atoms with E-state index < -0.39 is 11.8 Å². The molecule has 0 spiro atoms. The van der Waals surface area contributed by atoms with Gasteiger partial charge in [-0.05, 0) is 58.0 Å². The monoisotopic (exact) mass is 734 g/mol. The lowest BCUT2D eigenvalue weighted by Gasteiger charge is -2.17. The Bertz CT molecular complexity index is 2380. The summed E-state index contributed by atoms with van der Waals surface area (Å²) in [6, 6.07) is 15.2. The smallest absolute Gasteiger partial charge is 0.276 e. The molecule has 6 rings (SSSR count). The first kappa shape index (κ1) is 37.1. The summed E-state index contributed by atoms with van der Waals surface area (Å²) in [5.74, 6) is 0.458.